The summed E-state index contributed by atoms with van der Waals surface area (Å²) >= 11 is 6.74. The van der Waals surface area contributed by atoms with Gasteiger partial charge >= 0.3 is 0 Å². The van der Waals surface area contributed by atoms with E-state index in [1.165, 1.54) is 24.3 Å². The Kier molecular flexibility index (Phi) is 3.44. The average molecular weight is 342 g/mol. The van der Waals surface area contributed by atoms with Crippen molar-refractivity contribution in [2.45, 2.75) is 4.90 Å². The zero-order valence-electron chi connectivity index (χ0n) is 10.3. The fourth-order valence-corrected chi connectivity index (χ4v) is 3.79. The third kappa shape index (κ3) is 2.65. The van der Waals surface area contributed by atoms with E-state index in [1.54, 1.807) is 12.1 Å². The molecule has 0 fully saturated rings. The number of hydrogen-bond donors (Lipinski definition) is 2. The first-order valence-corrected chi connectivity index (χ1v) is 8.29. The monoisotopic (exact) mass is 341 g/mol. The molecule has 0 saturated carbocycles. The number of sulfonamides is 1. The third-order valence-electron chi connectivity index (χ3n) is 2.74. The fourth-order valence-electron chi connectivity index (χ4n) is 1.79. The van der Waals surface area contributed by atoms with Gasteiger partial charge in [-0.15, -0.1) is 0 Å². The zero-order valence-corrected chi connectivity index (χ0v) is 12.7. The van der Waals surface area contributed by atoms with Crippen molar-refractivity contribution >= 4 is 50.1 Å². The molecule has 1 heterocycles. The highest BCUT2D eigenvalue weighted by atomic mass is 35.5. The van der Waals surface area contributed by atoms with Crippen LogP contribution in [0.4, 0.5) is 5.69 Å². The number of aromatic hydroxyl groups is 1. The Bertz CT molecular complexity index is 924. The van der Waals surface area contributed by atoms with Crippen LogP contribution < -0.4 is 4.72 Å². The number of nitrogens with one attached hydrogen (secondary N) is 1. The molecule has 0 aliphatic heterocycles. The first kappa shape index (κ1) is 14.1. The van der Waals surface area contributed by atoms with Crippen LogP contribution in [-0.2, 0) is 10.0 Å². The van der Waals surface area contributed by atoms with E-state index in [-0.39, 0.29) is 21.8 Å². The summed E-state index contributed by atoms with van der Waals surface area (Å²) in [6.45, 7) is 0. The maximum absolute atomic E-state index is 12.4. The molecule has 0 aliphatic rings. The molecule has 3 rings (SSSR count). The predicted molar refractivity (Wildman–Crippen MR) is 81.3 cm³/mol. The number of rotatable bonds is 3. The largest absolute Gasteiger partial charge is 0.506 e. The smallest absolute Gasteiger partial charge is 0.264 e. The van der Waals surface area contributed by atoms with Crippen LogP contribution in [0, 0.1) is 0 Å². The standard InChI is InChI=1S/C12H8ClN3O3S2/c13-7-4-5-10(17)9(6-7)16-21(18,19)11-3-1-2-8-12(11)15-20-14-8/h1-6,16-17H. The minimum Gasteiger partial charge on any atom is -0.506 e. The Morgan fingerprint density at radius 2 is 2.00 bits per heavy atom. The van der Waals surface area contributed by atoms with Crippen molar-refractivity contribution in [3.63, 3.8) is 0 Å². The number of nitrogens with zero attached hydrogens (tertiary/aromatic N) is 2. The summed E-state index contributed by atoms with van der Waals surface area (Å²) < 4.78 is 35.2. The Balaban J connectivity index is 2.09. The van der Waals surface area contributed by atoms with Gasteiger partial charge in [-0.25, -0.2) is 8.42 Å². The summed E-state index contributed by atoms with van der Waals surface area (Å²) in [6.07, 6.45) is 0. The van der Waals surface area contributed by atoms with Gasteiger partial charge < -0.3 is 5.11 Å². The van der Waals surface area contributed by atoms with E-state index in [0.29, 0.717) is 10.5 Å². The summed E-state index contributed by atoms with van der Waals surface area (Å²) in [5.41, 5.74) is 0.789. The van der Waals surface area contributed by atoms with Crippen molar-refractivity contribution in [2.24, 2.45) is 0 Å². The number of phenols is 1. The van der Waals surface area contributed by atoms with Gasteiger partial charge in [0.05, 0.1) is 17.4 Å². The number of aromatic nitrogens is 2. The number of halogens is 1. The van der Waals surface area contributed by atoms with Gasteiger partial charge in [-0.1, -0.05) is 17.7 Å². The summed E-state index contributed by atoms with van der Waals surface area (Å²) in [4.78, 5) is -0.00637. The molecule has 3 aromatic rings. The fraction of sp³-hybridized carbons (Fsp3) is 0. The molecule has 0 spiro atoms. The lowest BCUT2D eigenvalue weighted by atomic mass is 10.3. The summed E-state index contributed by atoms with van der Waals surface area (Å²) in [7, 11) is -3.91. The van der Waals surface area contributed by atoms with E-state index in [2.05, 4.69) is 13.5 Å². The van der Waals surface area contributed by atoms with Gasteiger partial charge in [-0.2, -0.15) is 8.75 Å². The molecule has 9 heteroatoms. The van der Waals surface area contributed by atoms with Crippen LogP contribution in [-0.4, -0.2) is 22.3 Å². The van der Waals surface area contributed by atoms with Crippen LogP contribution in [0.15, 0.2) is 41.3 Å². The van der Waals surface area contributed by atoms with Gasteiger partial charge in [-0.05, 0) is 30.3 Å². The molecule has 0 aliphatic carbocycles. The second kappa shape index (κ2) is 5.14. The van der Waals surface area contributed by atoms with Gasteiger partial charge in [0.1, 0.15) is 21.7 Å². The number of hydrogen-bond acceptors (Lipinski definition) is 6. The minimum atomic E-state index is -3.91. The van der Waals surface area contributed by atoms with Gasteiger partial charge in [0.15, 0.2) is 0 Å². The van der Waals surface area contributed by atoms with Gasteiger partial charge in [-0.3, -0.25) is 4.72 Å². The molecule has 21 heavy (non-hydrogen) atoms. The van der Waals surface area contributed by atoms with Crippen LogP contribution in [0.5, 0.6) is 5.75 Å². The third-order valence-corrected chi connectivity index (χ3v) is 4.92. The first-order valence-electron chi connectivity index (χ1n) is 5.70. The van der Waals surface area contributed by atoms with E-state index < -0.39 is 10.0 Å². The molecule has 0 unspecified atom stereocenters. The molecular weight excluding hydrogens is 334 g/mol. The summed E-state index contributed by atoms with van der Waals surface area (Å²) in [5.74, 6) is -0.216. The molecule has 108 valence electrons. The van der Waals surface area contributed by atoms with Crippen LogP contribution in [0.25, 0.3) is 11.0 Å². The van der Waals surface area contributed by atoms with E-state index in [9.17, 15) is 13.5 Å². The number of benzene rings is 2. The lowest BCUT2D eigenvalue weighted by Gasteiger charge is -2.10. The summed E-state index contributed by atoms with van der Waals surface area (Å²) in [6, 6.07) is 8.78. The van der Waals surface area contributed by atoms with E-state index in [0.717, 1.165) is 11.7 Å². The molecule has 0 atom stereocenters. The topological polar surface area (TPSA) is 92.2 Å². The number of anilines is 1. The quantitative estimate of drug-likeness (QED) is 0.715. The summed E-state index contributed by atoms with van der Waals surface area (Å²) in [5, 5.41) is 10.0. The second-order valence-electron chi connectivity index (χ2n) is 4.16. The van der Waals surface area contributed by atoms with Crippen molar-refractivity contribution < 1.29 is 13.5 Å². The lowest BCUT2D eigenvalue weighted by molar-refractivity contribution is 0.477. The van der Waals surface area contributed by atoms with Crippen molar-refractivity contribution in [1.82, 2.24) is 8.75 Å². The van der Waals surface area contributed by atoms with E-state index >= 15 is 0 Å². The molecular formula is C12H8ClN3O3S2. The molecule has 1 aromatic heterocycles. The molecule has 6 nitrogen and oxygen atoms in total. The molecule has 0 amide bonds. The Morgan fingerprint density at radius 1 is 1.19 bits per heavy atom. The molecule has 2 aromatic carbocycles. The Hall–Kier alpha value is -1.90. The molecule has 2 N–H and O–H groups in total. The van der Waals surface area contributed by atoms with Crippen molar-refractivity contribution in [2.75, 3.05) is 4.72 Å². The first-order chi connectivity index (χ1) is 9.97. The van der Waals surface area contributed by atoms with Gasteiger partial charge in [0.2, 0.25) is 0 Å². The maximum atomic E-state index is 12.4. The SMILES string of the molecule is O=S(=O)(Nc1cc(Cl)ccc1O)c1cccc2nsnc12. The highest BCUT2D eigenvalue weighted by Gasteiger charge is 2.21. The number of fused-ring (bicyclic) bond motifs is 1. The number of phenolic OH excluding ortho intramolecular Hbond substituents is 1. The molecule has 0 saturated heterocycles. The van der Waals surface area contributed by atoms with Crippen LogP contribution in [0.3, 0.4) is 0 Å². The van der Waals surface area contributed by atoms with Crippen molar-refractivity contribution in [3.05, 3.63) is 41.4 Å². The highest BCUT2D eigenvalue weighted by molar-refractivity contribution is 7.93. The highest BCUT2D eigenvalue weighted by Crippen LogP contribution is 2.30. The van der Waals surface area contributed by atoms with E-state index in [1.807, 2.05) is 0 Å². The van der Waals surface area contributed by atoms with Crippen LogP contribution in [0.1, 0.15) is 0 Å². The minimum absolute atomic E-state index is 0.00249. The maximum Gasteiger partial charge on any atom is 0.264 e. The average Bonchev–Trinajstić information content (AvgIpc) is 2.90. The van der Waals surface area contributed by atoms with E-state index in [4.69, 9.17) is 11.6 Å². The van der Waals surface area contributed by atoms with Crippen molar-refractivity contribution in [3.8, 4) is 5.75 Å². The second-order valence-corrected chi connectivity index (χ2v) is 6.77. The zero-order chi connectivity index (χ0) is 15.0. The van der Waals surface area contributed by atoms with Gasteiger partial charge in [0, 0.05) is 5.02 Å². The van der Waals surface area contributed by atoms with Gasteiger partial charge in [0.25, 0.3) is 10.0 Å². The van der Waals surface area contributed by atoms with Crippen molar-refractivity contribution in [1.29, 1.82) is 0 Å². The normalized spacial score (nSPS) is 11.7. The predicted octanol–water partition coefficient (Wildman–Crippen LogP) is 2.85. The Morgan fingerprint density at radius 3 is 2.81 bits per heavy atom. The lowest BCUT2D eigenvalue weighted by Crippen LogP contribution is -2.13. The molecule has 0 radical (unpaired) electrons. The van der Waals surface area contributed by atoms with Crippen LogP contribution >= 0.6 is 23.3 Å². The Labute approximate surface area is 129 Å². The van der Waals surface area contributed by atoms with Crippen LogP contribution in [0.2, 0.25) is 5.02 Å². The molecule has 0 bridgehead atoms.